The molecule has 0 spiro atoms. The van der Waals surface area contributed by atoms with Crippen LogP contribution in [0.25, 0.3) is 0 Å². The molecule has 0 aromatic rings. The molecule has 1 N–H and O–H groups in total. The minimum absolute atomic E-state index is 0.142. The number of hydrogen-bond acceptors (Lipinski definition) is 3. The number of aliphatic hydroxyl groups excluding tert-OH is 1. The largest absolute Gasteiger partial charge is 0.396 e. The van der Waals surface area contributed by atoms with E-state index in [9.17, 15) is 9.67 Å². The van der Waals surface area contributed by atoms with Crippen molar-refractivity contribution in [2.24, 2.45) is 11.8 Å². The van der Waals surface area contributed by atoms with E-state index in [4.69, 9.17) is 0 Å². The molecule has 3 unspecified atom stereocenters. The van der Waals surface area contributed by atoms with Crippen molar-refractivity contribution in [1.29, 1.82) is 0 Å². The maximum atomic E-state index is 14.2. The van der Waals surface area contributed by atoms with Gasteiger partial charge in [0.1, 0.15) is 0 Å². The Morgan fingerprint density at radius 3 is 2.11 bits per heavy atom. The van der Waals surface area contributed by atoms with Crippen LogP contribution in [0.2, 0.25) is 0 Å². The lowest BCUT2D eigenvalue weighted by Gasteiger charge is -2.55. The lowest BCUT2D eigenvalue weighted by molar-refractivity contribution is 0.225. The monoisotopic (exact) mass is 557 g/mol. The van der Waals surface area contributed by atoms with E-state index in [-0.39, 0.29) is 15.5 Å². The van der Waals surface area contributed by atoms with Gasteiger partial charge in [0.15, 0.2) is 0 Å². The first-order valence-electron chi connectivity index (χ1n) is 15.5. The third-order valence-electron chi connectivity index (χ3n) is 10.3. The van der Waals surface area contributed by atoms with Crippen LogP contribution in [-0.4, -0.2) is 75.0 Å². The van der Waals surface area contributed by atoms with Gasteiger partial charge >= 0.3 is 0 Å². The molecule has 0 radical (unpaired) electrons. The van der Waals surface area contributed by atoms with Crippen molar-refractivity contribution >= 4 is 19.3 Å². The third-order valence-corrected chi connectivity index (χ3v) is 22.2. The van der Waals surface area contributed by atoms with Gasteiger partial charge < -0.3 is 9.67 Å². The molecule has 5 atom stereocenters. The average Bonchev–Trinajstić information content (AvgIpc) is 3.11. The first-order valence-corrected chi connectivity index (χ1v) is 19.6. The summed E-state index contributed by atoms with van der Waals surface area (Å²) in [5.41, 5.74) is 1.12. The second-order valence-electron chi connectivity index (χ2n) is 15.8. The Hall–Kier alpha value is 0.450. The lowest BCUT2D eigenvalue weighted by Crippen LogP contribution is -2.40. The van der Waals surface area contributed by atoms with Crippen molar-refractivity contribution < 1.29 is 9.67 Å². The van der Waals surface area contributed by atoms with Crippen LogP contribution in [0.15, 0.2) is 0 Å². The summed E-state index contributed by atoms with van der Waals surface area (Å²) >= 11 is 0. The summed E-state index contributed by atoms with van der Waals surface area (Å²) in [7, 11) is -2.33. The van der Waals surface area contributed by atoms with Crippen LogP contribution in [-0.2, 0) is 4.57 Å². The molecular formula is C32H65NO2P2. The number of hydrogen-bond donors (Lipinski definition) is 1. The molecule has 0 aromatic carbocycles. The van der Waals surface area contributed by atoms with E-state index in [1.54, 1.807) is 0 Å². The fourth-order valence-electron chi connectivity index (χ4n) is 8.86. The van der Waals surface area contributed by atoms with E-state index in [0.717, 1.165) is 50.3 Å². The zero-order chi connectivity index (χ0) is 28.4. The molecule has 0 bridgehead atoms. The normalized spacial score (nSPS) is 26.9. The summed E-state index contributed by atoms with van der Waals surface area (Å²) in [6.07, 6.45) is 9.51. The minimum atomic E-state index is -2.33. The van der Waals surface area contributed by atoms with Crippen LogP contribution >= 0.6 is 14.0 Å². The van der Waals surface area contributed by atoms with Crippen LogP contribution in [0.4, 0.5) is 0 Å². The van der Waals surface area contributed by atoms with Gasteiger partial charge in [-0.05, 0) is 73.0 Å². The molecule has 1 fully saturated rings. The molecule has 2 rings (SSSR count). The van der Waals surface area contributed by atoms with Gasteiger partial charge in [-0.1, -0.05) is 101 Å². The molecule has 1 aliphatic heterocycles. The molecule has 1 saturated carbocycles. The van der Waals surface area contributed by atoms with Crippen LogP contribution < -0.4 is 0 Å². The molecule has 1 aliphatic carbocycles. The van der Waals surface area contributed by atoms with Gasteiger partial charge in [0.25, 0.3) is 0 Å². The summed E-state index contributed by atoms with van der Waals surface area (Å²) < 4.78 is 14.2. The summed E-state index contributed by atoms with van der Waals surface area (Å²) in [6, 6.07) is 0. The Bertz CT molecular complexity index is 824. The van der Waals surface area contributed by atoms with Crippen LogP contribution in [0, 0.1) is 11.8 Å². The van der Waals surface area contributed by atoms with E-state index in [0.29, 0.717) is 18.2 Å². The first-order chi connectivity index (χ1) is 16.9. The van der Waals surface area contributed by atoms with Gasteiger partial charge in [-0.3, -0.25) is 4.90 Å². The van der Waals surface area contributed by atoms with E-state index in [2.05, 4.69) is 87.7 Å². The first kappa shape index (κ1) is 33.7. The standard InChI is InChI=1S/C32H65NO2P2/c1-13-17-28(36(12,35)30(3,4)5)25(2)22-33-23-26-18-16-20-29(26)37(31(6,7)8,32(9,10)11)27(24-33)19-14-15-21-34/h25-26,28-29,34H,13-24H2,1-12H3/t25-,26+,28?,29?,36?/m1/s1. The maximum Gasteiger partial charge on any atom is 0.0930 e. The van der Waals surface area contributed by atoms with Crippen molar-refractivity contribution in [3.05, 3.63) is 0 Å². The van der Waals surface area contributed by atoms with E-state index in [1.807, 2.05) is 5.29 Å². The zero-order valence-electron chi connectivity index (χ0n) is 27.0. The van der Waals surface area contributed by atoms with E-state index < -0.39 is 14.0 Å². The Morgan fingerprint density at radius 2 is 1.62 bits per heavy atom. The summed E-state index contributed by atoms with van der Waals surface area (Å²) in [5, 5.41) is 11.9. The third kappa shape index (κ3) is 6.85. The SMILES string of the molecule is CCCC([C@H](C)CN1CC(CCCCO)=P(C(C)(C)C)(C(C)(C)C)C2CCC[C@H]2C1)P(C)(=O)C(C)(C)C. The van der Waals surface area contributed by atoms with E-state index >= 15 is 0 Å². The highest BCUT2D eigenvalue weighted by atomic mass is 31.2. The topological polar surface area (TPSA) is 40.5 Å². The fourth-order valence-corrected chi connectivity index (χ4v) is 20.4. The van der Waals surface area contributed by atoms with Gasteiger partial charge in [-0.15, -0.1) is 0 Å². The smallest absolute Gasteiger partial charge is 0.0930 e. The molecule has 3 nitrogen and oxygen atoms in total. The molecule has 2 aliphatic rings. The molecule has 220 valence electrons. The number of unbranched alkanes of at least 4 members (excludes halogenated alkanes) is 1. The predicted octanol–water partition coefficient (Wildman–Crippen LogP) is 9.02. The molecular weight excluding hydrogens is 492 g/mol. The van der Waals surface area contributed by atoms with Gasteiger partial charge in [-0.2, -0.15) is 0 Å². The quantitative estimate of drug-likeness (QED) is 0.215. The minimum Gasteiger partial charge on any atom is -0.396 e. The van der Waals surface area contributed by atoms with Gasteiger partial charge in [0.2, 0.25) is 0 Å². The van der Waals surface area contributed by atoms with Gasteiger partial charge in [-0.25, -0.2) is 0 Å². The number of fused-ring (bicyclic) bond motifs is 1. The van der Waals surface area contributed by atoms with Gasteiger partial charge in [0, 0.05) is 37.1 Å². The Morgan fingerprint density at radius 1 is 1.03 bits per heavy atom. The highest BCUT2D eigenvalue weighted by Gasteiger charge is 2.53. The molecule has 37 heavy (non-hydrogen) atoms. The van der Waals surface area contributed by atoms with Crippen molar-refractivity contribution in [3.8, 4) is 0 Å². The predicted molar refractivity (Wildman–Crippen MR) is 171 cm³/mol. The summed E-state index contributed by atoms with van der Waals surface area (Å²) in [6.45, 7) is 30.9. The lowest BCUT2D eigenvalue weighted by atomic mass is 10.0. The maximum absolute atomic E-state index is 14.2. The van der Waals surface area contributed by atoms with Crippen molar-refractivity contribution in [2.45, 2.75) is 154 Å². The second-order valence-corrected chi connectivity index (χ2v) is 25.2. The molecule has 0 aromatic heterocycles. The summed E-state index contributed by atoms with van der Waals surface area (Å²) in [4.78, 5) is 2.83. The van der Waals surface area contributed by atoms with Crippen molar-refractivity contribution in [1.82, 2.24) is 4.90 Å². The molecule has 0 amide bonds. The molecule has 5 heteroatoms. The zero-order valence-corrected chi connectivity index (χ0v) is 28.8. The average molecular weight is 558 g/mol. The fraction of sp³-hybridized carbons (Fsp3) is 0.969. The number of rotatable bonds is 10. The van der Waals surface area contributed by atoms with Crippen LogP contribution in [0.5, 0.6) is 0 Å². The van der Waals surface area contributed by atoms with Crippen molar-refractivity contribution in [2.75, 3.05) is 32.9 Å². The van der Waals surface area contributed by atoms with Crippen molar-refractivity contribution in [3.63, 3.8) is 0 Å². The molecule has 1 heterocycles. The van der Waals surface area contributed by atoms with Crippen LogP contribution in [0.3, 0.4) is 0 Å². The second kappa shape index (κ2) is 12.5. The van der Waals surface area contributed by atoms with E-state index in [1.165, 1.54) is 32.2 Å². The number of aliphatic hydroxyl groups is 1. The highest BCUT2D eigenvalue weighted by Crippen LogP contribution is 2.76. The Labute approximate surface area is 232 Å². The Kier molecular flexibility index (Phi) is 11.4. The Balaban J connectivity index is 2.60. The van der Waals surface area contributed by atoms with Crippen LogP contribution in [0.1, 0.15) is 128 Å². The highest BCUT2D eigenvalue weighted by molar-refractivity contribution is 7.79. The summed E-state index contributed by atoms with van der Waals surface area (Å²) in [5.74, 6) is 1.22. The van der Waals surface area contributed by atoms with Gasteiger partial charge in [0.05, 0.1) is 7.14 Å². The molecule has 0 saturated heterocycles. The number of nitrogens with zero attached hydrogens (tertiary/aromatic N) is 1.